The van der Waals surface area contributed by atoms with Gasteiger partial charge in [-0.15, -0.1) is 0 Å². The normalized spacial score (nSPS) is 13.9. The van der Waals surface area contributed by atoms with E-state index >= 15 is 0 Å². The van der Waals surface area contributed by atoms with Crippen LogP contribution in [0.1, 0.15) is 19.3 Å². The molecule has 9 heteroatoms. The molecule has 0 radical (unpaired) electrons. The molecule has 1 N–H and O–H groups in total. The molecule has 7 nitrogen and oxygen atoms in total. The maximum Gasteiger partial charge on any atom is 0.387 e. The number of pyridine rings is 1. The summed E-state index contributed by atoms with van der Waals surface area (Å²) in [4.78, 5) is 15.6. The minimum atomic E-state index is -2.85. The summed E-state index contributed by atoms with van der Waals surface area (Å²) in [6.45, 7) is -0.948. The van der Waals surface area contributed by atoms with E-state index in [0.717, 1.165) is 37.1 Å². The number of nitrogens with zero attached hydrogens (tertiary/aromatic N) is 4. The van der Waals surface area contributed by atoms with Gasteiger partial charge in [-0.1, -0.05) is 12.1 Å². The van der Waals surface area contributed by atoms with Crippen molar-refractivity contribution >= 4 is 17.5 Å². The Morgan fingerprint density at radius 1 is 1.00 bits per heavy atom. The molecular weight excluding hydrogens is 404 g/mol. The largest absolute Gasteiger partial charge is 0.480 e. The summed E-state index contributed by atoms with van der Waals surface area (Å²) >= 11 is 0. The second kappa shape index (κ2) is 9.55. The third kappa shape index (κ3) is 5.17. The summed E-state index contributed by atoms with van der Waals surface area (Å²) in [5.41, 5.74) is 2.23. The molecule has 0 aliphatic carbocycles. The minimum Gasteiger partial charge on any atom is -0.480 e. The van der Waals surface area contributed by atoms with Gasteiger partial charge in [0.25, 0.3) is 0 Å². The number of nitrogens with one attached hydrogen (secondary N) is 1. The van der Waals surface area contributed by atoms with Crippen LogP contribution in [0.4, 0.5) is 26.2 Å². The molecule has 3 heterocycles. The number of hydrogen-bond acceptors (Lipinski definition) is 7. The second-order valence-electron chi connectivity index (χ2n) is 7.10. The Bertz CT molecular complexity index is 1010. The molecule has 1 aliphatic heterocycles. The molecule has 4 rings (SSSR count). The Kier molecular flexibility index (Phi) is 6.40. The number of hydrogen-bond donors (Lipinski definition) is 1. The van der Waals surface area contributed by atoms with Gasteiger partial charge in [0.2, 0.25) is 11.8 Å². The third-order valence-electron chi connectivity index (χ3n) is 5.00. The van der Waals surface area contributed by atoms with E-state index in [-0.39, 0.29) is 5.75 Å². The summed E-state index contributed by atoms with van der Waals surface area (Å²) in [5.74, 6) is 1.85. The van der Waals surface area contributed by atoms with Crippen molar-refractivity contribution < 1.29 is 18.3 Å². The Morgan fingerprint density at radius 2 is 1.77 bits per heavy atom. The van der Waals surface area contributed by atoms with Crippen LogP contribution < -0.4 is 19.7 Å². The van der Waals surface area contributed by atoms with Gasteiger partial charge in [-0.2, -0.15) is 13.8 Å². The first kappa shape index (κ1) is 20.8. The van der Waals surface area contributed by atoms with E-state index in [0.29, 0.717) is 23.3 Å². The first-order valence-corrected chi connectivity index (χ1v) is 10.1. The number of benzene rings is 1. The standard InChI is InChI=1S/C22H23F2N5O2/c1-30-20-18(27-19-9-10-25-22(28-19)29-11-3-2-4-12-29)13-16(14-26-20)15-5-7-17(8-6-15)31-21(23)24/h5-10,13-14,21H,2-4,11-12H2,1H3,(H,25,27,28). The topological polar surface area (TPSA) is 72.4 Å². The fraction of sp³-hybridized carbons (Fsp3) is 0.318. The summed E-state index contributed by atoms with van der Waals surface area (Å²) in [6, 6.07) is 10.0. The van der Waals surface area contributed by atoms with Crippen LogP contribution in [0, 0.1) is 0 Å². The van der Waals surface area contributed by atoms with Crippen molar-refractivity contribution in [3.05, 3.63) is 48.8 Å². The highest BCUT2D eigenvalue weighted by Crippen LogP contribution is 2.31. The third-order valence-corrected chi connectivity index (χ3v) is 5.00. The van der Waals surface area contributed by atoms with Crippen LogP contribution in [0.3, 0.4) is 0 Å². The molecule has 162 valence electrons. The first-order valence-electron chi connectivity index (χ1n) is 10.1. The molecule has 0 amide bonds. The lowest BCUT2D eigenvalue weighted by Crippen LogP contribution is -2.31. The highest BCUT2D eigenvalue weighted by Gasteiger charge is 2.15. The molecule has 1 aromatic carbocycles. The molecule has 0 atom stereocenters. The zero-order chi connectivity index (χ0) is 21.6. The number of anilines is 3. The number of methoxy groups -OCH3 is 1. The van der Waals surface area contributed by atoms with Crippen molar-refractivity contribution in [2.24, 2.45) is 0 Å². The predicted molar refractivity (Wildman–Crippen MR) is 114 cm³/mol. The van der Waals surface area contributed by atoms with Gasteiger partial charge in [-0.25, -0.2) is 9.97 Å². The number of aromatic nitrogens is 3. The number of rotatable bonds is 7. The van der Waals surface area contributed by atoms with E-state index in [9.17, 15) is 8.78 Å². The number of alkyl halides is 2. The molecule has 31 heavy (non-hydrogen) atoms. The lowest BCUT2D eigenvalue weighted by Gasteiger charge is -2.26. The van der Waals surface area contributed by atoms with Crippen molar-refractivity contribution in [2.75, 3.05) is 30.4 Å². The molecule has 3 aromatic rings. The van der Waals surface area contributed by atoms with Crippen molar-refractivity contribution in [1.82, 2.24) is 15.0 Å². The summed E-state index contributed by atoms with van der Waals surface area (Å²) in [5, 5.41) is 3.26. The van der Waals surface area contributed by atoms with E-state index in [1.54, 1.807) is 37.7 Å². The average Bonchev–Trinajstić information content (AvgIpc) is 2.80. The zero-order valence-electron chi connectivity index (χ0n) is 17.1. The molecule has 0 saturated carbocycles. The monoisotopic (exact) mass is 427 g/mol. The summed E-state index contributed by atoms with van der Waals surface area (Å²) < 4.78 is 34.5. The minimum absolute atomic E-state index is 0.102. The Labute approximate surface area is 179 Å². The number of piperidine rings is 1. The van der Waals surface area contributed by atoms with Gasteiger partial charge in [-0.3, -0.25) is 0 Å². The lowest BCUT2D eigenvalue weighted by atomic mass is 10.1. The molecule has 1 fully saturated rings. The highest BCUT2D eigenvalue weighted by molar-refractivity contribution is 5.72. The van der Waals surface area contributed by atoms with E-state index in [1.165, 1.54) is 18.6 Å². The van der Waals surface area contributed by atoms with E-state index in [4.69, 9.17) is 4.74 Å². The van der Waals surface area contributed by atoms with E-state index < -0.39 is 6.61 Å². The molecule has 2 aromatic heterocycles. The van der Waals surface area contributed by atoms with Crippen molar-refractivity contribution in [2.45, 2.75) is 25.9 Å². The molecule has 1 saturated heterocycles. The Hall–Kier alpha value is -3.49. The number of ether oxygens (including phenoxy) is 2. The molecular formula is C22H23F2N5O2. The van der Waals surface area contributed by atoms with Crippen LogP contribution >= 0.6 is 0 Å². The highest BCUT2D eigenvalue weighted by atomic mass is 19.3. The summed E-state index contributed by atoms with van der Waals surface area (Å²) in [7, 11) is 1.54. The van der Waals surface area contributed by atoms with E-state index in [2.05, 4.69) is 29.9 Å². The fourth-order valence-electron chi connectivity index (χ4n) is 3.49. The van der Waals surface area contributed by atoms with Crippen LogP contribution in [0.5, 0.6) is 11.6 Å². The van der Waals surface area contributed by atoms with Crippen molar-refractivity contribution in [3.63, 3.8) is 0 Å². The number of halogens is 2. The van der Waals surface area contributed by atoms with Crippen molar-refractivity contribution in [1.29, 1.82) is 0 Å². The predicted octanol–water partition coefficient (Wildman–Crippen LogP) is 4.88. The Balaban J connectivity index is 1.57. The van der Waals surface area contributed by atoms with Gasteiger partial charge in [0.1, 0.15) is 17.3 Å². The van der Waals surface area contributed by atoms with Gasteiger partial charge in [-0.05, 0) is 49.1 Å². The second-order valence-corrected chi connectivity index (χ2v) is 7.10. The fourth-order valence-corrected chi connectivity index (χ4v) is 3.49. The smallest absolute Gasteiger partial charge is 0.387 e. The summed E-state index contributed by atoms with van der Waals surface area (Å²) in [6.07, 6.45) is 6.90. The van der Waals surface area contributed by atoms with Gasteiger partial charge >= 0.3 is 6.61 Å². The molecule has 0 bridgehead atoms. The van der Waals surface area contributed by atoms with Crippen molar-refractivity contribution in [3.8, 4) is 22.8 Å². The van der Waals surface area contributed by atoms with Crippen LogP contribution in [0.15, 0.2) is 48.8 Å². The van der Waals surface area contributed by atoms with Gasteiger partial charge in [0.15, 0.2) is 0 Å². The average molecular weight is 427 g/mol. The van der Waals surface area contributed by atoms with Gasteiger partial charge in [0, 0.05) is 31.0 Å². The van der Waals surface area contributed by atoms with Crippen LogP contribution in [0.2, 0.25) is 0 Å². The first-order chi connectivity index (χ1) is 15.1. The maximum absolute atomic E-state index is 12.4. The molecule has 0 spiro atoms. The van der Waals surface area contributed by atoms with Crippen LogP contribution in [-0.2, 0) is 0 Å². The Morgan fingerprint density at radius 3 is 2.48 bits per heavy atom. The lowest BCUT2D eigenvalue weighted by molar-refractivity contribution is -0.0498. The van der Waals surface area contributed by atoms with Gasteiger partial charge < -0.3 is 19.7 Å². The SMILES string of the molecule is COc1ncc(-c2ccc(OC(F)F)cc2)cc1Nc1ccnc(N2CCCCC2)n1. The quantitative estimate of drug-likeness (QED) is 0.576. The molecule has 0 unspecified atom stereocenters. The van der Waals surface area contributed by atoms with Crippen LogP contribution in [0.25, 0.3) is 11.1 Å². The van der Waals surface area contributed by atoms with Gasteiger partial charge in [0.05, 0.1) is 7.11 Å². The maximum atomic E-state index is 12.4. The van der Waals surface area contributed by atoms with Crippen LogP contribution in [-0.4, -0.2) is 41.8 Å². The van der Waals surface area contributed by atoms with E-state index in [1.807, 2.05) is 6.07 Å². The zero-order valence-corrected chi connectivity index (χ0v) is 17.1. The molecule has 1 aliphatic rings.